The Balaban J connectivity index is 0.00000361. The molecule has 2 N–H and O–H groups in total. The summed E-state index contributed by atoms with van der Waals surface area (Å²) in [5.41, 5.74) is 1.00. The standard InChI is InChI=1S/C14H21N3O2.HI/c1-5-9-16-14(15-2)17-10-11-7-6-8-12(18-3)13(11)19-4;/h5-8H,1,9-10H2,2-4H3,(H2,15,16,17);1H. The fourth-order valence-corrected chi connectivity index (χ4v) is 1.66. The second-order valence-electron chi connectivity index (χ2n) is 3.75. The number of nitrogens with one attached hydrogen (secondary N) is 2. The summed E-state index contributed by atoms with van der Waals surface area (Å²) < 4.78 is 10.6. The molecule has 0 aromatic heterocycles. The Morgan fingerprint density at radius 1 is 1.30 bits per heavy atom. The molecule has 0 saturated heterocycles. The first-order valence-electron chi connectivity index (χ1n) is 6.02. The van der Waals surface area contributed by atoms with Crippen molar-refractivity contribution >= 4 is 29.9 Å². The van der Waals surface area contributed by atoms with Crippen LogP contribution in [-0.4, -0.2) is 33.8 Å². The van der Waals surface area contributed by atoms with Gasteiger partial charge in [-0.2, -0.15) is 0 Å². The Hall–Kier alpha value is -1.44. The van der Waals surface area contributed by atoms with Gasteiger partial charge in [0.1, 0.15) is 0 Å². The average Bonchev–Trinajstić information content (AvgIpc) is 2.46. The highest BCUT2D eigenvalue weighted by molar-refractivity contribution is 14.0. The number of halogens is 1. The summed E-state index contributed by atoms with van der Waals surface area (Å²) in [6.07, 6.45) is 1.78. The predicted molar refractivity (Wildman–Crippen MR) is 93.4 cm³/mol. The van der Waals surface area contributed by atoms with Crippen molar-refractivity contribution in [1.82, 2.24) is 10.6 Å². The Labute approximate surface area is 137 Å². The van der Waals surface area contributed by atoms with Crippen molar-refractivity contribution in [2.45, 2.75) is 6.54 Å². The molecule has 20 heavy (non-hydrogen) atoms. The van der Waals surface area contributed by atoms with Crippen molar-refractivity contribution in [3.63, 3.8) is 0 Å². The molecule has 0 unspecified atom stereocenters. The third-order valence-corrected chi connectivity index (χ3v) is 2.57. The lowest BCUT2D eigenvalue weighted by atomic mass is 10.2. The molecule has 0 aliphatic carbocycles. The molecule has 1 aromatic carbocycles. The van der Waals surface area contributed by atoms with Crippen LogP contribution in [0.1, 0.15) is 5.56 Å². The molecule has 0 saturated carbocycles. The maximum atomic E-state index is 5.37. The largest absolute Gasteiger partial charge is 0.493 e. The Bertz CT molecular complexity index is 450. The van der Waals surface area contributed by atoms with E-state index in [1.807, 2.05) is 18.2 Å². The molecule has 0 heterocycles. The zero-order valence-corrected chi connectivity index (χ0v) is 14.4. The van der Waals surface area contributed by atoms with E-state index in [0.29, 0.717) is 19.0 Å². The number of methoxy groups -OCH3 is 2. The molecule has 0 atom stereocenters. The van der Waals surface area contributed by atoms with Gasteiger partial charge in [-0.15, -0.1) is 30.6 Å². The molecule has 1 rings (SSSR count). The number of para-hydroxylation sites is 1. The molecule has 5 nitrogen and oxygen atoms in total. The fraction of sp³-hybridized carbons (Fsp3) is 0.357. The fourth-order valence-electron chi connectivity index (χ4n) is 1.66. The molecule has 0 aliphatic heterocycles. The minimum absolute atomic E-state index is 0. The van der Waals surface area contributed by atoms with E-state index in [0.717, 1.165) is 17.1 Å². The summed E-state index contributed by atoms with van der Waals surface area (Å²) in [6, 6.07) is 5.78. The van der Waals surface area contributed by atoms with Gasteiger partial charge in [-0.05, 0) is 6.07 Å². The van der Waals surface area contributed by atoms with E-state index in [-0.39, 0.29) is 24.0 Å². The third kappa shape index (κ3) is 5.28. The predicted octanol–water partition coefficient (Wildman–Crippen LogP) is 2.17. The SMILES string of the molecule is C=CCNC(=NC)NCc1cccc(OC)c1OC.I. The van der Waals surface area contributed by atoms with Crippen LogP contribution in [0, 0.1) is 0 Å². The van der Waals surface area contributed by atoms with Crippen molar-refractivity contribution in [2.24, 2.45) is 4.99 Å². The minimum atomic E-state index is 0. The van der Waals surface area contributed by atoms with E-state index in [9.17, 15) is 0 Å². The number of ether oxygens (including phenoxy) is 2. The Morgan fingerprint density at radius 2 is 2.05 bits per heavy atom. The van der Waals surface area contributed by atoms with E-state index in [2.05, 4.69) is 22.2 Å². The van der Waals surface area contributed by atoms with Gasteiger partial charge in [0, 0.05) is 25.7 Å². The number of nitrogens with zero attached hydrogens (tertiary/aromatic N) is 1. The van der Waals surface area contributed by atoms with Gasteiger partial charge in [-0.1, -0.05) is 18.2 Å². The second-order valence-corrected chi connectivity index (χ2v) is 3.75. The van der Waals surface area contributed by atoms with Gasteiger partial charge in [0.2, 0.25) is 0 Å². The van der Waals surface area contributed by atoms with Crippen LogP contribution in [0.5, 0.6) is 11.5 Å². The zero-order chi connectivity index (χ0) is 14.1. The highest BCUT2D eigenvalue weighted by Gasteiger charge is 2.09. The van der Waals surface area contributed by atoms with Gasteiger partial charge < -0.3 is 20.1 Å². The second kappa shape index (κ2) is 10.4. The third-order valence-electron chi connectivity index (χ3n) is 2.57. The van der Waals surface area contributed by atoms with Crippen LogP contribution in [0.4, 0.5) is 0 Å². The first-order chi connectivity index (χ1) is 9.26. The summed E-state index contributed by atoms with van der Waals surface area (Å²) in [5, 5.41) is 6.31. The van der Waals surface area contributed by atoms with Crippen molar-refractivity contribution in [2.75, 3.05) is 27.8 Å². The van der Waals surface area contributed by atoms with Crippen LogP contribution >= 0.6 is 24.0 Å². The monoisotopic (exact) mass is 391 g/mol. The maximum Gasteiger partial charge on any atom is 0.191 e. The van der Waals surface area contributed by atoms with Crippen molar-refractivity contribution in [1.29, 1.82) is 0 Å². The molecule has 0 spiro atoms. The van der Waals surface area contributed by atoms with Crippen LogP contribution in [0.3, 0.4) is 0 Å². The molecule has 6 heteroatoms. The summed E-state index contributed by atoms with van der Waals surface area (Å²) in [6.45, 7) is 4.91. The van der Waals surface area contributed by atoms with Gasteiger partial charge in [0.25, 0.3) is 0 Å². The lowest BCUT2D eigenvalue weighted by Gasteiger charge is -2.14. The smallest absolute Gasteiger partial charge is 0.191 e. The quantitative estimate of drug-likeness (QED) is 0.338. The Morgan fingerprint density at radius 3 is 2.60 bits per heavy atom. The number of hydrogen-bond acceptors (Lipinski definition) is 3. The first-order valence-corrected chi connectivity index (χ1v) is 6.02. The number of guanidine groups is 1. The molecule has 0 amide bonds. The van der Waals surface area contributed by atoms with Crippen LogP contribution < -0.4 is 20.1 Å². The van der Waals surface area contributed by atoms with E-state index in [4.69, 9.17) is 9.47 Å². The van der Waals surface area contributed by atoms with Gasteiger partial charge >= 0.3 is 0 Å². The molecular weight excluding hydrogens is 369 g/mol. The molecule has 0 bridgehead atoms. The zero-order valence-electron chi connectivity index (χ0n) is 12.1. The molecule has 1 aromatic rings. The molecule has 0 fully saturated rings. The van der Waals surface area contributed by atoms with E-state index in [1.165, 1.54) is 0 Å². The number of hydrogen-bond donors (Lipinski definition) is 2. The van der Waals surface area contributed by atoms with Crippen molar-refractivity contribution < 1.29 is 9.47 Å². The highest BCUT2D eigenvalue weighted by atomic mass is 127. The van der Waals surface area contributed by atoms with Gasteiger partial charge in [0.15, 0.2) is 17.5 Å². The summed E-state index contributed by atoms with van der Waals surface area (Å²) in [7, 11) is 4.98. The normalized spacial score (nSPS) is 10.2. The lowest BCUT2D eigenvalue weighted by molar-refractivity contribution is 0.351. The van der Waals surface area contributed by atoms with E-state index in [1.54, 1.807) is 27.3 Å². The maximum absolute atomic E-state index is 5.37. The van der Waals surface area contributed by atoms with Crippen LogP contribution in [0.25, 0.3) is 0 Å². The summed E-state index contributed by atoms with van der Waals surface area (Å²) in [5.74, 6) is 2.16. The molecule has 112 valence electrons. The van der Waals surface area contributed by atoms with Gasteiger partial charge in [-0.3, -0.25) is 4.99 Å². The molecule has 0 aliphatic rings. The van der Waals surface area contributed by atoms with E-state index < -0.39 is 0 Å². The number of aliphatic imine (C=N–C) groups is 1. The van der Waals surface area contributed by atoms with Crippen LogP contribution in [0.2, 0.25) is 0 Å². The highest BCUT2D eigenvalue weighted by Crippen LogP contribution is 2.30. The average molecular weight is 391 g/mol. The minimum Gasteiger partial charge on any atom is -0.493 e. The van der Waals surface area contributed by atoms with Crippen molar-refractivity contribution in [3.8, 4) is 11.5 Å². The molecule has 0 radical (unpaired) electrons. The number of rotatable bonds is 6. The van der Waals surface area contributed by atoms with Gasteiger partial charge in [-0.25, -0.2) is 0 Å². The van der Waals surface area contributed by atoms with Crippen LogP contribution in [0.15, 0.2) is 35.8 Å². The topological polar surface area (TPSA) is 54.9 Å². The van der Waals surface area contributed by atoms with Gasteiger partial charge in [0.05, 0.1) is 14.2 Å². The van der Waals surface area contributed by atoms with E-state index >= 15 is 0 Å². The lowest BCUT2D eigenvalue weighted by Crippen LogP contribution is -2.36. The van der Waals surface area contributed by atoms with Crippen molar-refractivity contribution in [3.05, 3.63) is 36.4 Å². The molecular formula is C14H22IN3O2. The Kier molecular flexibility index (Phi) is 9.61. The number of benzene rings is 1. The summed E-state index contributed by atoms with van der Waals surface area (Å²) in [4.78, 5) is 4.11. The first kappa shape index (κ1) is 18.6. The van der Waals surface area contributed by atoms with Crippen LogP contribution in [-0.2, 0) is 6.54 Å². The summed E-state index contributed by atoms with van der Waals surface area (Å²) >= 11 is 0.